The highest BCUT2D eigenvalue weighted by Gasteiger charge is 2.33. The van der Waals surface area contributed by atoms with Gasteiger partial charge in [-0.25, -0.2) is 8.42 Å². The molecule has 6 nitrogen and oxygen atoms in total. The fourth-order valence-electron chi connectivity index (χ4n) is 4.43. The largest absolute Gasteiger partial charge is 0.352 e. The average molecular weight is 476 g/mol. The number of amides is 1. The highest BCUT2D eigenvalue weighted by Crippen LogP contribution is 2.25. The number of carbonyl (C=O) groups is 1. The van der Waals surface area contributed by atoms with Gasteiger partial charge in [0.1, 0.15) is 0 Å². The van der Waals surface area contributed by atoms with Gasteiger partial charge in [-0.2, -0.15) is 4.31 Å². The third-order valence-corrected chi connectivity index (χ3v) is 8.43. The van der Waals surface area contributed by atoms with E-state index in [4.69, 9.17) is 11.6 Å². The quantitative estimate of drug-likeness (QED) is 0.663. The van der Waals surface area contributed by atoms with Crippen LogP contribution in [-0.2, 0) is 27.9 Å². The van der Waals surface area contributed by atoms with Gasteiger partial charge >= 0.3 is 0 Å². The minimum atomic E-state index is -3.64. The van der Waals surface area contributed by atoms with Gasteiger partial charge in [0.25, 0.3) is 0 Å². The summed E-state index contributed by atoms with van der Waals surface area (Å²) in [4.78, 5) is 15.4. The molecule has 2 aromatic rings. The molecule has 4 rings (SSSR count). The van der Waals surface area contributed by atoms with Gasteiger partial charge in [-0.05, 0) is 74.2 Å². The van der Waals surface area contributed by atoms with E-state index in [1.54, 1.807) is 12.1 Å². The van der Waals surface area contributed by atoms with Crippen LogP contribution in [0.15, 0.2) is 53.4 Å². The minimum Gasteiger partial charge on any atom is -0.352 e. The summed E-state index contributed by atoms with van der Waals surface area (Å²) in [6.45, 7) is 4.39. The molecule has 172 valence electrons. The first-order valence-corrected chi connectivity index (χ1v) is 13.1. The summed E-state index contributed by atoms with van der Waals surface area (Å²) in [5, 5.41) is 3.48. The van der Waals surface area contributed by atoms with Gasteiger partial charge in [0.15, 0.2) is 0 Å². The molecule has 1 N–H and O–H groups in total. The van der Waals surface area contributed by atoms with Crippen LogP contribution < -0.4 is 5.32 Å². The third-order valence-electron chi connectivity index (χ3n) is 6.30. The number of nitrogens with zero attached hydrogens (tertiary/aromatic N) is 2. The van der Waals surface area contributed by atoms with Crippen LogP contribution in [0.1, 0.15) is 36.8 Å². The molecule has 0 saturated carbocycles. The molecule has 2 aliphatic heterocycles. The number of hydrogen-bond donors (Lipinski definition) is 1. The number of piperidine rings is 1. The Kier molecular flexibility index (Phi) is 7.51. The molecule has 0 unspecified atom stereocenters. The molecule has 8 heteroatoms. The Hall–Kier alpha value is -1.93. The number of sulfonamides is 1. The molecule has 2 saturated heterocycles. The van der Waals surface area contributed by atoms with Crippen molar-refractivity contribution in [2.45, 2.75) is 43.7 Å². The second-order valence-electron chi connectivity index (χ2n) is 8.67. The Balaban J connectivity index is 1.31. The molecule has 0 radical (unpaired) electrons. The van der Waals surface area contributed by atoms with Gasteiger partial charge < -0.3 is 5.32 Å². The lowest BCUT2D eigenvalue weighted by Gasteiger charge is -2.31. The van der Waals surface area contributed by atoms with E-state index in [-0.39, 0.29) is 23.3 Å². The number of rotatable bonds is 7. The summed E-state index contributed by atoms with van der Waals surface area (Å²) in [5.41, 5.74) is 2.34. The third kappa shape index (κ3) is 5.70. The van der Waals surface area contributed by atoms with Crippen molar-refractivity contribution in [1.82, 2.24) is 14.5 Å². The van der Waals surface area contributed by atoms with Crippen molar-refractivity contribution in [1.29, 1.82) is 0 Å². The number of nitrogens with one attached hydrogen (secondary N) is 1. The van der Waals surface area contributed by atoms with Crippen molar-refractivity contribution in [3.05, 3.63) is 64.7 Å². The number of benzene rings is 2. The number of carbonyl (C=O) groups excluding carboxylic acids is 1. The van der Waals surface area contributed by atoms with Crippen LogP contribution in [-0.4, -0.2) is 49.7 Å². The molecular formula is C24H30ClN3O3S. The van der Waals surface area contributed by atoms with E-state index >= 15 is 0 Å². The van der Waals surface area contributed by atoms with E-state index in [9.17, 15) is 13.2 Å². The predicted octanol–water partition coefficient (Wildman–Crippen LogP) is 3.65. The van der Waals surface area contributed by atoms with E-state index in [1.807, 2.05) is 0 Å². The lowest BCUT2D eigenvalue weighted by Crippen LogP contribution is -2.45. The van der Waals surface area contributed by atoms with Crippen LogP contribution in [0, 0.1) is 5.92 Å². The van der Waals surface area contributed by atoms with Gasteiger partial charge in [0.2, 0.25) is 15.9 Å². The fraction of sp³-hybridized carbons (Fsp3) is 0.458. The molecule has 0 aromatic heterocycles. The molecule has 2 fully saturated rings. The van der Waals surface area contributed by atoms with Crippen LogP contribution in [0.4, 0.5) is 0 Å². The van der Waals surface area contributed by atoms with Gasteiger partial charge in [0.05, 0.1) is 10.8 Å². The van der Waals surface area contributed by atoms with Gasteiger partial charge in [0, 0.05) is 31.2 Å². The van der Waals surface area contributed by atoms with E-state index in [0.29, 0.717) is 31.0 Å². The smallest absolute Gasteiger partial charge is 0.243 e. The summed E-state index contributed by atoms with van der Waals surface area (Å²) in [6, 6.07) is 14.5. The molecule has 2 heterocycles. The average Bonchev–Trinajstić information content (AvgIpc) is 3.32. The SMILES string of the molecule is O=C(NCc1ccc(CN2CCCC2)cc1)[C@@H]1CCCN(S(=O)(=O)c2ccc(Cl)cc2)C1. The molecule has 0 spiro atoms. The van der Waals surface area contributed by atoms with Crippen molar-refractivity contribution in [2.75, 3.05) is 26.2 Å². The van der Waals surface area contributed by atoms with Crippen LogP contribution >= 0.6 is 11.6 Å². The summed E-state index contributed by atoms with van der Waals surface area (Å²) in [5.74, 6) is -0.442. The van der Waals surface area contributed by atoms with E-state index < -0.39 is 10.0 Å². The maximum atomic E-state index is 12.9. The molecule has 0 aliphatic carbocycles. The molecule has 32 heavy (non-hydrogen) atoms. The topological polar surface area (TPSA) is 69.7 Å². The zero-order valence-electron chi connectivity index (χ0n) is 18.2. The zero-order chi connectivity index (χ0) is 22.6. The molecule has 1 atom stereocenters. The Bertz CT molecular complexity index is 1020. The van der Waals surface area contributed by atoms with Gasteiger partial charge in [-0.3, -0.25) is 9.69 Å². The van der Waals surface area contributed by atoms with Crippen molar-refractivity contribution in [3.63, 3.8) is 0 Å². The number of hydrogen-bond acceptors (Lipinski definition) is 4. The lowest BCUT2D eigenvalue weighted by atomic mass is 9.98. The van der Waals surface area contributed by atoms with Crippen LogP contribution in [0.25, 0.3) is 0 Å². The maximum Gasteiger partial charge on any atom is 0.243 e. The van der Waals surface area contributed by atoms with E-state index in [1.165, 1.54) is 47.9 Å². The fourth-order valence-corrected chi connectivity index (χ4v) is 6.08. The Morgan fingerprint density at radius 1 is 0.938 bits per heavy atom. The molecule has 0 bridgehead atoms. The van der Waals surface area contributed by atoms with E-state index in [2.05, 4.69) is 34.5 Å². The van der Waals surface area contributed by atoms with E-state index in [0.717, 1.165) is 12.1 Å². The van der Waals surface area contributed by atoms with Crippen molar-refractivity contribution in [3.8, 4) is 0 Å². The highest BCUT2D eigenvalue weighted by atomic mass is 35.5. The van der Waals surface area contributed by atoms with Gasteiger partial charge in [-0.15, -0.1) is 0 Å². The molecular weight excluding hydrogens is 446 g/mol. The van der Waals surface area contributed by atoms with Crippen molar-refractivity contribution in [2.24, 2.45) is 5.92 Å². The maximum absolute atomic E-state index is 12.9. The summed E-state index contributed by atoms with van der Waals surface area (Å²) in [6.07, 6.45) is 3.91. The molecule has 2 aromatic carbocycles. The molecule has 1 amide bonds. The predicted molar refractivity (Wildman–Crippen MR) is 126 cm³/mol. The standard InChI is InChI=1S/C24H30ClN3O3S/c25-22-9-11-23(12-10-22)32(30,31)28-15-3-4-21(18-28)24(29)26-16-19-5-7-20(8-6-19)17-27-13-1-2-14-27/h5-12,21H,1-4,13-18H2,(H,26,29)/t21-/m1/s1. The van der Waals surface area contributed by atoms with Crippen molar-refractivity contribution >= 4 is 27.5 Å². The zero-order valence-corrected chi connectivity index (χ0v) is 19.7. The lowest BCUT2D eigenvalue weighted by molar-refractivity contribution is -0.126. The summed E-state index contributed by atoms with van der Waals surface area (Å²) in [7, 11) is -3.64. The number of halogens is 1. The first-order chi connectivity index (χ1) is 15.4. The first kappa shape index (κ1) is 23.2. The Morgan fingerprint density at radius 3 is 2.28 bits per heavy atom. The van der Waals surface area contributed by atoms with Crippen molar-refractivity contribution < 1.29 is 13.2 Å². The monoisotopic (exact) mass is 475 g/mol. The van der Waals surface area contributed by atoms with Crippen LogP contribution in [0.3, 0.4) is 0 Å². The minimum absolute atomic E-state index is 0.0952. The Morgan fingerprint density at radius 2 is 1.59 bits per heavy atom. The molecule has 2 aliphatic rings. The van der Waals surface area contributed by atoms with Crippen LogP contribution in [0.2, 0.25) is 5.02 Å². The summed E-state index contributed by atoms with van der Waals surface area (Å²) >= 11 is 5.88. The first-order valence-electron chi connectivity index (χ1n) is 11.3. The van der Waals surface area contributed by atoms with Gasteiger partial charge in [-0.1, -0.05) is 35.9 Å². The second-order valence-corrected chi connectivity index (χ2v) is 11.0. The highest BCUT2D eigenvalue weighted by molar-refractivity contribution is 7.89. The normalized spacial score (nSPS) is 20.3. The van der Waals surface area contributed by atoms with Crippen LogP contribution in [0.5, 0.6) is 0 Å². The Labute approximate surface area is 195 Å². The second kappa shape index (κ2) is 10.3. The number of likely N-dealkylation sites (tertiary alicyclic amines) is 1. The summed E-state index contributed by atoms with van der Waals surface area (Å²) < 4.78 is 27.3.